The third-order valence-electron chi connectivity index (χ3n) is 4.10. The molecule has 1 unspecified atom stereocenters. The maximum absolute atomic E-state index is 11.8. The number of hydrogen-bond acceptors (Lipinski definition) is 4. The Hall–Kier alpha value is -0.850. The molecule has 0 aromatic rings. The van der Waals surface area contributed by atoms with Gasteiger partial charge in [-0.15, -0.1) is 0 Å². The average Bonchev–Trinajstić information content (AvgIpc) is 2.54. The van der Waals surface area contributed by atoms with Crippen LogP contribution in [0.1, 0.15) is 71.1 Å². The number of carboxylic acid groups (broad SMARTS) is 2. The SMILES string of the molecule is CCCCCCCCCC/C=C/C(CC(=O)N(C)CC(=O)[O-])C(=O)O.[Na+]. The molecule has 0 aliphatic carbocycles. The number of allylic oxidation sites excluding steroid dienone is 1. The summed E-state index contributed by atoms with van der Waals surface area (Å²) in [6.45, 7) is 1.67. The van der Waals surface area contributed by atoms with E-state index in [0.29, 0.717) is 0 Å². The van der Waals surface area contributed by atoms with Gasteiger partial charge in [0.05, 0.1) is 18.4 Å². The number of unbranched alkanes of at least 4 members (excludes halogenated alkanes) is 8. The van der Waals surface area contributed by atoms with Crippen LogP contribution in [-0.2, 0) is 14.4 Å². The first kappa shape index (κ1) is 27.4. The van der Waals surface area contributed by atoms with Crippen LogP contribution < -0.4 is 34.7 Å². The van der Waals surface area contributed by atoms with Crippen molar-refractivity contribution in [1.82, 2.24) is 4.90 Å². The summed E-state index contributed by atoms with van der Waals surface area (Å²) in [5.74, 6) is -3.89. The predicted molar refractivity (Wildman–Crippen MR) is 94.8 cm³/mol. The van der Waals surface area contributed by atoms with E-state index in [1.165, 1.54) is 51.6 Å². The van der Waals surface area contributed by atoms with Crippen LogP contribution in [0.2, 0.25) is 0 Å². The van der Waals surface area contributed by atoms with Gasteiger partial charge in [0.1, 0.15) is 0 Å². The van der Waals surface area contributed by atoms with Crippen molar-refractivity contribution in [2.45, 2.75) is 71.1 Å². The summed E-state index contributed by atoms with van der Waals surface area (Å²) in [6.07, 6.45) is 13.6. The molecular weight excluding hydrogens is 345 g/mol. The predicted octanol–water partition coefficient (Wildman–Crippen LogP) is -0.623. The second-order valence-electron chi connectivity index (χ2n) is 6.46. The van der Waals surface area contributed by atoms with E-state index >= 15 is 0 Å². The van der Waals surface area contributed by atoms with Gasteiger partial charge >= 0.3 is 35.5 Å². The number of amides is 1. The van der Waals surface area contributed by atoms with Crippen molar-refractivity contribution in [3.05, 3.63) is 12.2 Å². The fourth-order valence-corrected chi connectivity index (χ4v) is 2.52. The maximum Gasteiger partial charge on any atom is 1.00 e. The molecule has 0 rings (SSSR count). The first-order valence-electron chi connectivity index (χ1n) is 9.21. The van der Waals surface area contributed by atoms with Gasteiger partial charge in [-0.2, -0.15) is 0 Å². The molecule has 1 atom stereocenters. The number of hydrogen-bond donors (Lipinski definition) is 1. The van der Waals surface area contributed by atoms with Crippen molar-refractivity contribution in [2.24, 2.45) is 5.92 Å². The van der Waals surface area contributed by atoms with Gasteiger partial charge in [0.15, 0.2) is 0 Å². The number of likely N-dealkylation sites (N-methyl/N-ethyl adjacent to an activating group) is 1. The van der Waals surface area contributed by atoms with Crippen molar-refractivity contribution in [2.75, 3.05) is 13.6 Å². The molecular formula is C19H32NNaO5. The van der Waals surface area contributed by atoms with Gasteiger partial charge in [0.25, 0.3) is 0 Å². The Morgan fingerprint density at radius 3 is 2.08 bits per heavy atom. The Morgan fingerprint density at radius 2 is 1.58 bits per heavy atom. The van der Waals surface area contributed by atoms with Crippen molar-refractivity contribution in [3.8, 4) is 0 Å². The van der Waals surface area contributed by atoms with Crippen molar-refractivity contribution >= 4 is 17.8 Å². The van der Waals surface area contributed by atoms with Crippen LogP contribution in [-0.4, -0.2) is 41.4 Å². The summed E-state index contributed by atoms with van der Waals surface area (Å²) in [5.41, 5.74) is 0. The van der Waals surface area contributed by atoms with Crippen LogP contribution in [0.4, 0.5) is 0 Å². The third-order valence-corrected chi connectivity index (χ3v) is 4.10. The molecule has 0 saturated heterocycles. The minimum absolute atomic E-state index is 0. The number of nitrogens with zero attached hydrogens (tertiary/aromatic N) is 1. The largest absolute Gasteiger partial charge is 1.00 e. The molecule has 0 saturated carbocycles. The molecule has 0 spiro atoms. The van der Waals surface area contributed by atoms with Gasteiger partial charge < -0.3 is 19.9 Å². The third kappa shape index (κ3) is 15.4. The van der Waals surface area contributed by atoms with E-state index < -0.39 is 30.3 Å². The molecule has 0 aromatic carbocycles. The van der Waals surface area contributed by atoms with E-state index in [4.69, 9.17) is 0 Å². The Bertz CT molecular complexity index is 440. The van der Waals surface area contributed by atoms with Gasteiger partial charge in [0.2, 0.25) is 5.91 Å². The van der Waals surface area contributed by atoms with Crippen LogP contribution in [0, 0.1) is 5.92 Å². The molecule has 0 radical (unpaired) electrons. The Balaban J connectivity index is 0. The zero-order valence-electron chi connectivity index (χ0n) is 16.5. The molecule has 7 heteroatoms. The summed E-state index contributed by atoms with van der Waals surface area (Å²) in [5, 5.41) is 19.6. The maximum atomic E-state index is 11.8. The Kier molecular flexibility index (Phi) is 18.5. The van der Waals surface area contributed by atoms with E-state index in [1.54, 1.807) is 0 Å². The molecule has 0 heterocycles. The molecule has 144 valence electrons. The monoisotopic (exact) mass is 377 g/mol. The van der Waals surface area contributed by atoms with Gasteiger partial charge in [-0.1, -0.05) is 64.0 Å². The Labute approximate surface area is 179 Å². The molecule has 0 aliphatic rings. The van der Waals surface area contributed by atoms with E-state index in [1.807, 2.05) is 6.08 Å². The second kappa shape index (κ2) is 17.6. The van der Waals surface area contributed by atoms with Crippen LogP contribution in [0.15, 0.2) is 12.2 Å². The number of carbonyl (C=O) groups excluding carboxylic acids is 2. The normalized spacial score (nSPS) is 11.8. The number of carbonyl (C=O) groups is 3. The van der Waals surface area contributed by atoms with Crippen molar-refractivity contribution < 1.29 is 54.2 Å². The number of carboxylic acids is 2. The molecule has 1 amide bonds. The number of rotatable bonds is 15. The average molecular weight is 377 g/mol. The fourth-order valence-electron chi connectivity index (χ4n) is 2.52. The topological polar surface area (TPSA) is 97.7 Å². The fraction of sp³-hybridized carbons (Fsp3) is 0.737. The van der Waals surface area contributed by atoms with E-state index in [9.17, 15) is 24.6 Å². The summed E-state index contributed by atoms with van der Waals surface area (Å²) in [7, 11) is 1.32. The zero-order chi connectivity index (χ0) is 19.1. The molecule has 6 nitrogen and oxygen atoms in total. The first-order valence-corrected chi connectivity index (χ1v) is 9.21. The zero-order valence-corrected chi connectivity index (χ0v) is 18.5. The first-order chi connectivity index (χ1) is 11.9. The minimum atomic E-state index is -1.37. The van der Waals surface area contributed by atoms with Crippen LogP contribution >= 0.6 is 0 Å². The molecule has 0 aliphatic heterocycles. The van der Waals surface area contributed by atoms with E-state index in [-0.39, 0.29) is 36.0 Å². The molecule has 1 N–H and O–H groups in total. The smallest absolute Gasteiger partial charge is 0.548 e. The van der Waals surface area contributed by atoms with Crippen LogP contribution in [0.3, 0.4) is 0 Å². The Morgan fingerprint density at radius 1 is 1.04 bits per heavy atom. The summed E-state index contributed by atoms with van der Waals surface area (Å²) in [6, 6.07) is 0. The molecule has 0 fully saturated rings. The quantitative estimate of drug-likeness (QED) is 0.233. The molecule has 26 heavy (non-hydrogen) atoms. The van der Waals surface area contributed by atoms with Crippen LogP contribution in [0.25, 0.3) is 0 Å². The van der Waals surface area contributed by atoms with Gasteiger partial charge in [-0.25, -0.2) is 0 Å². The standard InChI is InChI=1S/C19H33NO5.Na/c1-3-4-5-6-7-8-9-10-11-12-13-16(19(24)25)14-17(21)20(2)15-18(22)23;/h12-13,16H,3-11,14-15H2,1-2H3,(H,22,23)(H,24,25);/q;+1/p-1/b13-12+;. The summed E-state index contributed by atoms with van der Waals surface area (Å²) in [4.78, 5) is 34.5. The van der Waals surface area contributed by atoms with E-state index in [0.717, 1.165) is 24.2 Å². The van der Waals surface area contributed by atoms with Gasteiger partial charge in [0, 0.05) is 13.5 Å². The molecule has 0 aromatic heterocycles. The second-order valence-corrected chi connectivity index (χ2v) is 6.46. The minimum Gasteiger partial charge on any atom is -0.548 e. The summed E-state index contributed by atoms with van der Waals surface area (Å²) < 4.78 is 0. The van der Waals surface area contributed by atoms with Crippen molar-refractivity contribution in [1.29, 1.82) is 0 Å². The van der Waals surface area contributed by atoms with Crippen LogP contribution in [0.5, 0.6) is 0 Å². The van der Waals surface area contributed by atoms with Crippen molar-refractivity contribution in [3.63, 3.8) is 0 Å². The van der Waals surface area contributed by atoms with E-state index in [2.05, 4.69) is 6.92 Å². The van der Waals surface area contributed by atoms with Gasteiger partial charge in [-0.05, 0) is 12.8 Å². The molecule has 0 bridgehead atoms. The summed E-state index contributed by atoms with van der Waals surface area (Å²) >= 11 is 0. The number of aliphatic carboxylic acids is 2. The van der Waals surface area contributed by atoms with Gasteiger partial charge in [-0.3, -0.25) is 9.59 Å².